The second-order valence-corrected chi connectivity index (χ2v) is 6.45. The van der Waals surface area contributed by atoms with E-state index in [1.165, 1.54) is 6.42 Å². The van der Waals surface area contributed by atoms with Crippen LogP contribution in [-0.4, -0.2) is 48.9 Å². The Morgan fingerprint density at radius 1 is 1.26 bits per heavy atom. The van der Waals surface area contributed by atoms with E-state index in [0.717, 1.165) is 37.2 Å². The molecule has 1 saturated heterocycles. The fourth-order valence-electron chi connectivity index (χ4n) is 2.82. The van der Waals surface area contributed by atoms with E-state index in [1.807, 2.05) is 29.2 Å². The molecule has 1 aromatic carbocycles. The van der Waals surface area contributed by atoms with Gasteiger partial charge in [0.15, 0.2) is 0 Å². The number of anilines is 1. The molecule has 2 rings (SSSR count). The summed E-state index contributed by atoms with van der Waals surface area (Å²) in [5.74, 6) is 0.689. The number of amides is 3. The van der Waals surface area contributed by atoms with Crippen molar-refractivity contribution < 1.29 is 9.59 Å². The minimum absolute atomic E-state index is 0.0275. The van der Waals surface area contributed by atoms with Crippen molar-refractivity contribution >= 4 is 17.6 Å². The lowest BCUT2D eigenvalue weighted by molar-refractivity contribution is -0.127. The molecule has 1 unspecified atom stereocenters. The van der Waals surface area contributed by atoms with Crippen LogP contribution in [0, 0.1) is 5.92 Å². The van der Waals surface area contributed by atoms with Gasteiger partial charge in [-0.15, -0.1) is 0 Å². The topological polar surface area (TPSA) is 52.7 Å². The molecule has 0 radical (unpaired) electrons. The molecule has 0 bridgehead atoms. The first-order chi connectivity index (χ1) is 11.0. The molecule has 0 saturated carbocycles. The van der Waals surface area contributed by atoms with Crippen LogP contribution in [0.15, 0.2) is 24.3 Å². The summed E-state index contributed by atoms with van der Waals surface area (Å²) in [7, 11) is 3.50. The first kappa shape index (κ1) is 17.3. The Bertz CT molecular complexity index is 540. The zero-order valence-corrected chi connectivity index (χ0v) is 14.3. The van der Waals surface area contributed by atoms with Gasteiger partial charge in [-0.3, -0.25) is 4.79 Å². The highest BCUT2D eigenvalue weighted by molar-refractivity contribution is 5.89. The molecular weight excluding hydrogens is 290 g/mol. The van der Waals surface area contributed by atoms with Crippen LogP contribution in [0.3, 0.4) is 0 Å². The van der Waals surface area contributed by atoms with E-state index in [9.17, 15) is 9.59 Å². The third-order valence-electron chi connectivity index (χ3n) is 4.44. The smallest absolute Gasteiger partial charge is 0.321 e. The predicted molar refractivity (Wildman–Crippen MR) is 92.4 cm³/mol. The highest BCUT2D eigenvalue weighted by Gasteiger charge is 2.22. The molecular formula is C18H27N3O2. The number of nitrogens with one attached hydrogen (secondary N) is 1. The van der Waals surface area contributed by atoms with Crippen molar-refractivity contribution in [2.45, 2.75) is 32.6 Å². The van der Waals surface area contributed by atoms with Crippen molar-refractivity contribution in [3.8, 4) is 0 Å². The Balaban J connectivity index is 1.90. The molecule has 126 valence electrons. The molecule has 0 aliphatic carbocycles. The average Bonchev–Trinajstić information content (AvgIpc) is 2.56. The molecule has 0 spiro atoms. The summed E-state index contributed by atoms with van der Waals surface area (Å²) in [6, 6.07) is 7.47. The maximum Gasteiger partial charge on any atom is 0.321 e. The number of urea groups is 1. The van der Waals surface area contributed by atoms with Crippen molar-refractivity contribution in [3.63, 3.8) is 0 Å². The van der Waals surface area contributed by atoms with Crippen molar-refractivity contribution in [1.82, 2.24) is 9.80 Å². The van der Waals surface area contributed by atoms with E-state index in [1.54, 1.807) is 19.0 Å². The zero-order chi connectivity index (χ0) is 16.8. The number of nitrogens with zero attached hydrogens (tertiary/aromatic N) is 2. The first-order valence-corrected chi connectivity index (χ1v) is 8.34. The minimum Gasteiger partial charge on any atom is -0.349 e. The van der Waals surface area contributed by atoms with Gasteiger partial charge < -0.3 is 15.1 Å². The van der Waals surface area contributed by atoms with Crippen LogP contribution in [0.1, 0.15) is 31.7 Å². The van der Waals surface area contributed by atoms with E-state index >= 15 is 0 Å². The number of carbonyl (C=O) groups is 2. The Morgan fingerprint density at radius 3 is 2.57 bits per heavy atom. The first-order valence-electron chi connectivity index (χ1n) is 8.34. The number of carbonyl (C=O) groups excluding carboxylic acids is 2. The third-order valence-corrected chi connectivity index (χ3v) is 4.44. The van der Waals surface area contributed by atoms with Crippen molar-refractivity contribution in [3.05, 3.63) is 29.8 Å². The maximum absolute atomic E-state index is 12.3. The molecule has 1 aliphatic heterocycles. The molecule has 1 aromatic rings. The largest absolute Gasteiger partial charge is 0.349 e. The molecule has 1 atom stereocenters. The van der Waals surface area contributed by atoms with Crippen LogP contribution in [0.25, 0.3) is 0 Å². The highest BCUT2D eigenvalue weighted by atomic mass is 16.2. The van der Waals surface area contributed by atoms with Crippen LogP contribution >= 0.6 is 0 Å². The fourth-order valence-corrected chi connectivity index (χ4v) is 2.82. The lowest BCUT2D eigenvalue weighted by atomic mass is 9.96. The average molecular weight is 317 g/mol. The second-order valence-electron chi connectivity index (χ2n) is 6.45. The Morgan fingerprint density at radius 2 is 1.96 bits per heavy atom. The van der Waals surface area contributed by atoms with Gasteiger partial charge in [0.1, 0.15) is 0 Å². The number of hydrogen-bond acceptors (Lipinski definition) is 2. The number of benzene rings is 1. The summed E-state index contributed by atoms with van der Waals surface area (Å²) in [6.07, 6.45) is 3.80. The van der Waals surface area contributed by atoms with Crippen LogP contribution in [-0.2, 0) is 11.2 Å². The van der Waals surface area contributed by atoms with Crippen molar-refractivity contribution in [1.29, 1.82) is 0 Å². The number of piperidine rings is 1. The van der Waals surface area contributed by atoms with Crippen molar-refractivity contribution in [2.75, 3.05) is 32.5 Å². The van der Waals surface area contributed by atoms with E-state index < -0.39 is 0 Å². The Hall–Kier alpha value is -2.04. The molecule has 23 heavy (non-hydrogen) atoms. The lowest BCUT2D eigenvalue weighted by Gasteiger charge is -2.32. The molecule has 1 heterocycles. The summed E-state index contributed by atoms with van der Waals surface area (Å²) < 4.78 is 0. The number of rotatable bonds is 4. The lowest BCUT2D eigenvalue weighted by Crippen LogP contribution is -2.42. The SMILES string of the molecule is CCC1CCCN(C(=O)Nc2ccc(CC(=O)N(C)C)cc2)C1. The summed E-state index contributed by atoms with van der Waals surface area (Å²) in [4.78, 5) is 27.5. The Labute approximate surface area is 138 Å². The number of hydrogen-bond donors (Lipinski definition) is 1. The molecule has 0 aromatic heterocycles. The van der Waals surface area contributed by atoms with E-state index in [-0.39, 0.29) is 11.9 Å². The van der Waals surface area contributed by atoms with Crippen LogP contribution in [0.2, 0.25) is 0 Å². The quantitative estimate of drug-likeness (QED) is 0.928. The van der Waals surface area contributed by atoms with Gasteiger partial charge in [-0.05, 0) is 36.5 Å². The molecule has 5 heteroatoms. The summed E-state index contributed by atoms with van der Waals surface area (Å²) in [6.45, 7) is 3.86. The van der Waals surface area contributed by atoms with E-state index in [4.69, 9.17) is 0 Å². The normalized spacial score (nSPS) is 17.7. The number of likely N-dealkylation sites (N-methyl/N-ethyl adjacent to an activating group) is 1. The van der Waals surface area contributed by atoms with Gasteiger partial charge in [-0.1, -0.05) is 25.5 Å². The maximum atomic E-state index is 12.3. The predicted octanol–water partition coefficient (Wildman–Crippen LogP) is 2.97. The zero-order valence-electron chi connectivity index (χ0n) is 14.3. The molecule has 1 fully saturated rings. The van der Waals surface area contributed by atoms with Crippen LogP contribution in [0.4, 0.5) is 10.5 Å². The molecule has 5 nitrogen and oxygen atoms in total. The van der Waals surface area contributed by atoms with Gasteiger partial charge in [0.25, 0.3) is 0 Å². The van der Waals surface area contributed by atoms with Crippen molar-refractivity contribution in [2.24, 2.45) is 5.92 Å². The number of likely N-dealkylation sites (tertiary alicyclic amines) is 1. The monoisotopic (exact) mass is 317 g/mol. The van der Waals surface area contributed by atoms with E-state index in [0.29, 0.717) is 12.3 Å². The van der Waals surface area contributed by atoms with Gasteiger partial charge in [0.2, 0.25) is 5.91 Å². The summed E-state index contributed by atoms with van der Waals surface area (Å²) >= 11 is 0. The van der Waals surface area contributed by atoms with Crippen LogP contribution in [0.5, 0.6) is 0 Å². The van der Waals surface area contributed by atoms with Gasteiger partial charge in [0.05, 0.1) is 6.42 Å². The second kappa shape index (κ2) is 7.99. The van der Waals surface area contributed by atoms with Gasteiger partial charge in [-0.2, -0.15) is 0 Å². The van der Waals surface area contributed by atoms with Gasteiger partial charge in [-0.25, -0.2) is 4.79 Å². The Kier molecular flexibility index (Phi) is 6.02. The molecule has 3 amide bonds. The van der Waals surface area contributed by atoms with Gasteiger partial charge in [0, 0.05) is 32.9 Å². The fraction of sp³-hybridized carbons (Fsp3) is 0.556. The summed E-state index contributed by atoms with van der Waals surface area (Å²) in [5, 5.41) is 2.95. The third kappa shape index (κ3) is 4.98. The highest BCUT2D eigenvalue weighted by Crippen LogP contribution is 2.20. The van der Waals surface area contributed by atoms with Crippen LogP contribution < -0.4 is 5.32 Å². The molecule has 1 aliphatic rings. The van der Waals surface area contributed by atoms with E-state index in [2.05, 4.69) is 12.2 Å². The summed E-state index contributed by atoms with van der Waals surface area (Å²) in [5.41, 5.74) is 1.72. The molecule has 1 N–H and O–H groups in total. The van der Waals surface area contributed by atoms with Gasteiger partial charge >= 0.3 is 6.03 Å². The minimum atomic E-state index is -0.0275. The standard InChI is InChI=1S/C18H27N3O2/c1-4-14-6-5-11-21(13-14)18(23)19-16-9-7-15(8-10-16)12-17(22)20(2)3/h7-10,14H,4-6,11-13H2,1-3H3,(H,19,23).